The summed E-state index contributed by atoms with van der Waals surface area (Å²) in [5.41, 5.74) is 7.89. The molecule has 0 aliphatic heterocycles. The second-order valence-electron chi connectivity index (χ2n) is 3.54. The second kappa shape index (κ2) is 7.73. The first-order valence-electron chi connectivity index (χ1n) is 4.74. The van der Waals surface area contributed by atoms with Gasteiger partial charge in [-0.1, -0.05) is 13.8 Å². The molecule has 0 rings (SSSR count). The van der Waals surface area contributed by atoms with Crippen molar-refractivity contribution in [2.45, 2.75) is 26.3 Å². The van der Waals surface area contributed by atoms with E-state index in [4.69, 9.17) is 15.3 Å². The van der Waals surface area contributed by atoms with Crippen molar-refractivity contribution in [2.24, 2.45) is 11.7 Å². The van der Waals surface area contributed by atoms with E-state index in [9.17, 15) is 4.79 Å². The Balaban J connectivity index is 3.52. The maximum absolute atomic E-state index is 11.2. The summed E-state index contributed by atoms with van der Waals surface area (Å²) in [5.74, 6) is 0.115. The summed E-state index contributed by atoms with van der Waals surface area (Å²) in [6.07, 6.45) is 0.652. The smallest absolute Gasteiger partial charge is 0.260 e. The molecule has 0 aromatic heterocycles. The lowest BCUT2D eigenvalue weighted by Crippen LogP contribution is -2.41. The maximum atomic E-state index is 11.2. The predicted octanol–water partition coefficient (Wildman–Crippen LogP) is 0.0540. The van der Waals surface area contributed by atoms with Crippen LogP contribution in [0.1, 0.15) is 20.3 Å². The van der Waals surface area contributed by atoms with Crippen LogP contribution >= 0.6 is 0 Å². The summed E-state index contributed by atoms with van der Waals surface area (Å²) in [7, 11) is 1.57. The number of hydroxylamine groups is 1. The summed E-state index contributed by atoms with van der Waals surface area (Å²) in [4.78, 5) is 16.1. The number of hydrogen-bond donors (Lipinski definition) is 2. The molecule has 1 atom stereocenters. The predicted molar refractivity (Wildman–Crippen MR) is 53.4 cm³/mol. The monoisotopic (exact) mass is 204 g/mol. The number of hydrogen-bond acceptors (Lipinski definition) is 4. The van der Waals surface area contributed by atoms with Crippen LogP contribution in [-0.2, 0) is 14.4 Å². The van der Waals surface area contributed by atoms with Gasteiger partial charge in [0.1, 0.15) is 0 Å². The Kier molecular flexibility index (Phi) is 7.37. The first-order valence-corrected chi connectivity index (χ1v) is 4.74. The molecule has 5 heteroatoms. The van der Waals surface area contributed by atoms with Crippen molar-refractivity contribution in [3.63, 3.8) is 0 Å². The van der Waals surface area contributed by atoms with Crippen LogP contribution in [0, 0.1) is 5.92 Å². The highest BCUT2D eigenvalue weighted by Gasteiger charge is 2.14. The Morgan fingerprint density at radius 1 is 1.43 bits per heavy atom. The van der Waals surface area contributed by atoms with E-state index < -0.39 is 6.04 Å². The molecular weight excluding hydrogens is 184 g/mol. The van der Waals surface area contributed by atoms with Gasteiger partial charge in [-0.15, -0.1) is 0 Å². The molecule has 14 heavy (non-hydrogen) atoms. The van der Waals surface area contributed by atoms with Gasteiger partial charge in [-0.3, -0.25) is 9.63 Å². The third kappa shape index (κ3) is 6.82. The summed E-state index contributed by atoms with van der Waals surface area (Å²) < 4.78 is 4.74. The fraction of sp³-hybridized carbons (Fsp3) is 0.889. The highest BCUT2D eigenvalue weighted by atomic mass is 16.7. The van der Waals surface area contributed by atoms with Crippen LogP contribution in [0.15, 0.2) is 0 Å². The van der Waals surface area contributed by atoms with Gasteiger partial charge in [0.05, 0.1) is 19.3 Å². The Bertz CT molecular complexity index is 162. The van der Waals surface area contributed by atoms with Crippen LogP contribution in [0.3, 0.4) is 0 Å². The lowest BCUT2D eigenvalue weighted by molar-refractivity contribution is -0.136. The van der Waals surface area contributed by atoms with Crippen molar-refractivity contribution in [1.29, 1.82) is 0 Å². The largest absolute Gasteiger partial charge is 0.382 e. The topological polar surface area (TPSA) is 73.6 Å². The molecule has 0 fully saturated rings. The van der Waals surface area contributed by atoms with Gasteiger partial charge < -0.3 is 10.5 Å². The summed E-state index contributed by atoms with van der Waals surface area (Å²) >= 11 is 0. The number of nitrogens with two attached hydrogens (primary N) is 1. The highest BCUT2D eigenvalue weighted by Crippen LogP contribution is 2.02. The number of nitrogens with one attached hydrogen (secondary N) is 1. The van der Waals surface area contributed by atoms with Gasteiger partial charge in [-0.25, -0.2) is 5.48 Å². The molecule has 0 saturated carbocycles. The first kappa shape index (κ1) is 13.4. The van der Waals surface area contributed by atoms with Gasteiger partial charge in [0.25, 0.3) is 5.91 Å². The molecule has 0 aliphatic carbocycles. The zero-order valence-electron chi connectivity index (χ0n) is 9.08. The zero-order chi connectivity index (χ0) is 11.0. The maximum Gasteiger partial charge on any atom is 0.260 e. The molecule has 0 aromatic rings. The molecule has 3 N–H and O–H groups in total. The normalized spacial score (nSPS) is 12.9. The Labute approximate surface area is 84.9 Å². The number of amides is 1. The van der Waals surface area contributed by atoms with Gasteiger partial charge in [0.2, 0.25) is 0 Å². The molecule has 0 aliphatic rings. The molecule has 0 radical (unpaired) electrons. The first-order chi connectivity index (χ1) is 6.57. The van der Waals surface area contributed by atoms with Crippen molar-refractivity contribution in [3.05, 3.63) is 0 Å². The van der Waals surface area contributed by atoms with E-state index in [0.29, 0.717) is 25.6 Å². The van der Waals surface area contributed by atoms with Crippen molar-refractivity contribution in [3.8, 4) is 0 Å². The molecule has 84 valence electrons. The van der Waals surface area contributed by atoms with E-state index in [1.54, 1.807) is 7.11 Å². The Hall–Kier alpha value is -0.650. The minimum Gasteiger partial charge on any atom is -0.382 e. The fourth-order valence-corrected chi connectivity index (χ4v) is 0.938. The number of carbonyl (C=O) groups is 1. The van der Waals surface area contributed by atoms with E-state index >= 15 is 0 Å². The van der Waals surface area contributed by atoms with Gasteiger partial charge in [0.15, 0.2) is 0 Å². The molecular formula is C9H20N2O3. The van der Waals surface area contributed by atoms with E-state index in [0.717, 1.165) is 0 Å². The quantitative estimate of drug-likeness (QED) is 0.454. The molecule has 0 saturated heterocycles. The van der Waals surface area contributed by atoms with Crippen LogP contribution in [0.2, 0.25) is 0 Å². The van der Waals surface area contributed by atoms with Crippen molar-refractivity contribution in [2.75, 3.05) is 20.3 Å². The average molecular weight is 204 g/mol. The van der Waals surface area contributed by atoms with E-state index in [1.165, 1.54) is 0 Å². The van der Waals surface area contributed by atoms with Crippen molar-refractivity contribution >= 4 is 5.91 Å². The van der Waals surface area contributed by atoms with Crippen LogP contribution in [0.4, 0.5) is 0 Å². The molecule has 0 heterocycles. The van der Waals surface area contributed by atoms with Gasteiger partial charge >= 0.3 is 0 Å². The molecule has 1 amide bonds. The SMILES string of the molecule is COCCONC(=O)C(N)CC(C)C. The second-order valence-corrected chi connectivity index (χ2v) is 3.54. The van der Waals surface area contributed by atoms with Gasteiger partial charge in [-0.05, 0) is 12.3 Å². The van der Waals surface area contributed by atoms with Crippen LogP contribution in [0.5, 0.6) is 0 Å². The van der Waals surface area contributed by atoms with E-state index in [1.807, 2.05) is 13.8 Å². The third-order valence-corrected chi connectivity index (χ3v) is 1.62. The summed E-state index contributed by atoms with van der Waals surface area (Å²) in [6, 6.07) is -0.502. The van der Waals surface area contributed by atoms with Crippen LogP contribution in [-0.4, -0.2) is 32.3 Å². The molecule has 5 nitrogen and oxygen atoms in total. The van der Waals surface area contributed by atoms with Crippen molar-refractivity contribution < 1.29 is 14.4 Å². The van der Waals surface area contributed by atoms with E-state index in [2.05, 4.69) is 5.48 Å². The standard InChI is InChI=1S/C9H20N2O3/c1-7(2)6-8(10)9(12)11-14-5-4-13-3/h7-8H,4-6,10H2,1-3H3,(H,11,12). The average Bonchev–Trinajstić information content (AvgIpc) is 2.11. The Morgan fingerprint density at radius 2 is 2.07 bits per heavy atom. The lowest BCUT2D eigenvalue weighted by Gasteiger charge is -2.13. The zero-order valence-corrected chi connectivity index (χ0v) is 9.08. The number of ether oxygens (including phenoxy) is 1. The number of methoxy groups -OCH3 is 1. The van der Waals surface area contributed by atoms with E-state index in [-0.39, 0.29) is 5.91 Å². The number of rotatable bonds is 7. The summed E-state index contributed by atoms with van der Waals surface area (Å²) in [6.45, 7) is 4.80. The van der Waals surface area contributed by atoms with Gasteiger partial charge in [0, 0.05) is 7.11 Å². The minimum atomic E-state index is -0.502. The van der Waals surface area contributed by atoms with Crippen LogP contribution in [0.25, 0.3) is 0 Å². The lowest BCUT2D eigenvalue weighted by atomic mass is 10.0. The molecule has 0 aromatic carbocycles. The summed E-state index contributed by atoms with van der Waals surface area (Å²) in [5, 5.41) is 0. The molecule has 0 bridgehead atoms. The molecule has 0 spiro atoms. The Morgan fingerprint density at radius 3 is 2.57 bits per heavy atom. The van der Waals surface area contributed by atoms with Crippen molar-refractivity contribution in [1.82, 2.24) is 5.48 Å². The fourth-order valence-electron chi connectivity index (χ4n) is 0.938. The molecule has 1 unspecified atom stereocenters. The third-order valence-electron chi connectivity index (χ3n) is 1.62. The highest BCUT2D eigenvalue weighted by molar-refractivity contribution is 5.80. The minimum absolute atomic E-state index is 0.283. The van der Waals surface area contributed by atoms with Crippen LogP contribution < -0.4 is 11.2 Å². The number of carbonyl (C=O) groups excluding carboxylic acids is 1. The van der Waals surface area contributed by atoms with Gasteiger partial charge in [-0.2, -0.15) is 0 Å².